The Bertz CT molecular complexity index is 1080. The van der Waals surface area contributed by atoms with E-state index in [2.05, 4.69) is 9.88 Å². The van der Waals surface area contributed by atoms with Gasteiger partial charge in [0.1, 0.15) is 11.3 Å². The van der Waals surface area contributed by atoms with Crippen molar-refractivity contribution < 1.29 is 22.7 Å². The third kappa shape index (κ3) is 5.16. The van der Waals surface area contributed by atoms with Crippen molar-refractivity contribution in [3.05, 3.63) is 52.5 Å². The summed E-state index contributed by atoms with van der Waals surface area (Å²) in [5.41, 5.74) is -0.122. The van der Waals surface area contributed by atoms with E-state index in [4.69, 9.17) is 16.3 Å². The summed E-state index contributed by atoms with van der Waals surface area (Å²) in [6.07, 6.45) is -4.47. The zero-order valence-electron chi connectivity index (χ0n) is 17.9. The van der Waals surface area contributed by atoms with Crippen LogP contribution in [0.3, 0.4) is 0 Å². The van der Waals surface area contributed by atoms with Gasteiger partial charge in [0.05, 0.1) is 22.4 Å². The Hall–Kier alpha value is -2.36. The van der Waals surface area contributed by atoms with Gasteiger partial charge < -0.3 is 9.64 Å². The number of fused-ring (bicyclic) bond motifs is 1. The summed E-state index contributed by atoms with van der Waals surface area (Å²) in [6, 6.07) is 7.60. The summed E-state index contributed by atoms with van der Waals surface area (Å²) in [7, 11) is 1.52. The number of nitrogens with zero attached hydrogens (tertiary/aromatic N) is 3. The zero-order valence-corrected chi connectivity index (χ0v) is 19.4. The predicted molar refractivity (Wildman–Crippen MR) is 122 cm³/mol. The summed E-state index contributed by atoms with van der Waals surface area (Å²) in [4.78, 5) is 21.6. The number of benzene rings is 2. The van der Waals surface area contributed by atoms with Gasteiger partial charge in [-0.15, -0.1) is 0 Å². The van der Waals surface area contributed by atoms with Crippen LogP contribution in [-0.4, -0.2) is 49.1 Å². The molecule has 0 saturated carbocycles. The molecule has 3 aromatic rings. The van der Waals surface area contributed by atoms with Crippen molar-refractivity contribution in [1.29, 1.82) is 0 Å². The third-order valence-electron chi connectivity index (χ3n) is 5.14. The van der Waals surface area contributed by atoms with Gasteiger partial charge in [-0.25, -0.2) is 4.98 Å². The number of aromatic nitrogens is 1. The Kier molecular flexibility index (Phi) is 7.63. The molecule has 10 heteroatoms. The highest BCUT2D eigenvalue weighted by Crippen LogP contribution is 2.39. The molecule has 0 aliphatic carbocycles. The second kappa shape index (κ2) is 10.1. The van der Waals surface area contributed by atoms with Gasteiger partial charge in [-0.1, -0.05) is 36.8 Å². The number of hydrogen-bond donors (Lipinski definition) is 0. The Morgan fingerprint density at radius 2 is 1.75 bits per heavy atom. The van der Waals surface area contributed by atoms with Gasteiger partial charge in [0, 0.05) is 18.7 Å². The van der Waals surface area contributed by atoms with Crippen LogP contribution in [-0.2, 0) is 6.18 Å². The first-order valence-corrected chi connectivity index (χ1v) is 11.2. The number of halogens is 4. The van der Waals surface area contributed by atoms with E-state index in [0.717, 1.165) is 25.2 Å². The number of alkyl halides is 3. The van der Waals surface area contributed by atoms with Gasteiger partial charge in [-0.05, 0) is 49.5 Å². The molecule has 3 rings (SSSR count). The number of rotatable bonds is 8. The third-order valence-corrected chi connectivity index (χ3v) is 6.68. The molecule has 0 aliphatic rings. The fourth-order valence-electron chi connectivity index (χ4n) is 3.24. The first kappa shape index (κ1) is 24.3. The first-order valence-electron chi connectivity index (χ1n) is 10.0. The lowest BCUT2D eigenvalue weighted by Gasteiger charge is -2.24. The minimum atomic E-state index is -4.47. The van der Waals surface area contributed by atoms with Gasteiger partial charge in [-0.2, -0.15) is 13.2 Å². The van der Waals surface area contributed by atoms with Crippen LogP contribution in [0.25, 0.3) is 10.2 Å². The van der Waals surface area contributed by atoms with Crippen LogP contribution in [0.5, 0.6) is 5.75 Å². The number of carbonyl (C=O) groups excluding carboxylic acids is 1. The molecule has 0 fully saturated rings. The zero-order chi connectivity index (χ0) is 23.5. The van der Waals surface area contributed by atoms with Crippen molar-refractivity contribution in [2.75, 3.05) is 38.2 Å². The number of likely N-dealkylation sites (N-methyl/N-ethyl adjacent to an activating group) is 1. The molecule has 5 nitrogen and oxygen atoms in total. The molecule has 0 N–H and O–H groups in total. The van der Waals surface area contributed by atoms with Crippen molar-refractivity contribution in [3.63, 3.8) is 0 Å². The second-order valence-corrected chi connectivity index (χ2v) is 8.37. The maximum Gasteiger partial charge on any atom is 0.416 e. The number of ether oxygens (including phenoxy) is 1. The van der Waals surface area contributed by atoms with E-state index in [1.807, 2.05) is 13.8 Å². The molecular formula is C22H23ClF3N3O2S. The minimum Gasteiger partial charge on any atom is -0.494 e. The Labute approximate surface area is 193 Å². The molecule has 2 aromatic carbocycles. The van der Waals surface area contributed by atoms with Crippen LogP contribution in [0.15, 0.2) is 36.4 Å². The van der Waals surface area contributed by atoms with Crippen molar-refractivity contribution in [3.8, 4) is 5.75 Å². The van der Waals surface area contributed by atoms with Gasteiger partial charge in [0.25, 0.3) is 5.91 Å². The quantitative estimate of drug-likeness (QED) is 0.394. The molecule has 0 unspecified atom stereocenters. The standard InChI is InChI=1S/C22H23ClF3N3O2S/c1-4-28(5-2)12-13-29(20(30)14-6-8-15(9-7-14)22(24,25)26)21-27-18-17(31-3)11-10-16(23)19(18)32-21/h6-11H,4-5,12-13H2,1-3H3. The molecule has 1 amide bonds. The molecule has 172 valence electrons. The second-order valence-electron chi connectivity index (χ2n) is 6.98. The Morgan fingerprint density at radius 3 is 2.31 bits per heavy atom. The highest BCUT2D eigenvalue weighted by molar-refractivity contribution is 7.23. The minimum absolute atomic E-state index is 0.148. The molecule has 0 radical (unpaired) electrons. The number of thiazole rings is 1. The van der Waals surface area contributed by atoms with Gasteiger partial charge in [0.2, 0.25) is 0 Å². The maximum absolute atomic E-state index is 13.3. The van der Waals surface area contributed by atoms with Crippen LogP contribution in [0.1, 0.15) is 29.8 Å². The summed E-state index contributed by atoms with van der Waals surface area (Å²) >= 11 is 7.57. The average molecular weight is 486 g/mol. The molecule has 0 spiro atoms. The first-order chi connectivity index (χ1) is 15.2. The monoisotopic (exact) mass is 485 g/mol. The number of carbonyl (C=O) groups is 1. The van der Waals surface area contributed by atoms with Crippen molar-refractivity contribution in [1.82, 2.24) is 9.88 Å². The smallest absolute Gasteiger partial charge is 0.416 e. The maximum atomic E-state index is 13.3. The van der Waals surface area contributed by atoms with Gasteiger partial charge in [-0.3, -0.25) is 9.69 Å². The fraction of sp³-hybridized carbons (Fsp3) is 0.364. The van der Waals surface area contributed by atoms with E-state index >= 15 is 0 Å². The lowest BCUT2D eigenvalue weighted by atomic mass is 10.1. The number of anilines is 1. The SMILES string of the molecule is CCN(CC)CCN(C(=O)c1ccc(C(F)(F)F)cc1)c1nc2c(OC)ccc(Cl)c2s1. The fourth-order valence-corrected chi connectivity index (χ4v) is 4.52. The normalized spacial score (nSPS) is 11.9. The summed E-state index contributed by atoms with van der Waals surface area (Å²) in [5, 5.41) is 0.888. The highest BCUT2D eigenvalue weighted by Gasteiger charge is 2.31. The van der Waals surface area contributed by atoms with Crippen LogP contribution in [0.2, 0.25) is 5.02 Å². The number of methoxy groups -OCH3 is 1. The van der Waals surface area contributed by atoms with E-state index in [-0.39, 0.29) is 5.56 Å². The molecule has 0 saturated heterocycles. The van der Waals surface area contributed by atoms with E-state index in [1.165, 1.54) is 35.5 Å². The van der Waals surface area contributed by atoms with E-state index in [9.17, 15) is 18.0 Å². The van der Waals surface area contributed by atoms with E-state index in [1.54, 1.807) is 12.1 Å². The van der Waals surface area contributed by atoms with Crippen molar-refractivity contribution in [2.24, 2.45) is 0 Å². The van der Waals surface area contributed by atoms with Crippen molar-refractivity contribution >= 4 is 44.2 Å². The number of amides is 1. The molecule has 0 atom stereocenters. The van der Waals surface area contributed by atoms with Crippen molar-refractivity contribution in [2.45, 2.75) is 20.0 Å². The molecule has 1 aromatic heterocycles. The molecule has 0 bridgehead atoms. The molecular weight excluding hydrogens is 463 g/mol. The number of hydrogen-bond acceptors (Lipinski definition) is 5. The van der Waals surface area contributed by atoms with Crippen LogP contribution < -0.4 is 9.64 Å². The Balaban J connectivity index is 2.01. The van der Waals surface area contributed by atoms with Gasteiger partial charge >= 0.3 is 6.18 Å². The lowest BCUT2D eigenvalue weighted by molar-refractivity contribution is -0.137. The topological polar surface area (TPSA) is 45.7 Å². The summed E-state index contributed by atoms with van der Waals surface area (Å²) in [6.45, 7) is 6.56. The van der Waals surface area contributed by atoms with E-state index < -0.39 is 17.6 Å². The highest BCUT2D eigenvalue weighted by atomic mass is 35.5. The van der Waals surface area contributed by atoms with Crippen LogP contribution >= 0.6 is 22.9 Å². The molecule has 1 heterocycles. The molecule has 32 heavy (non-hydrogen) atoms. The summed E-state index contributed by atoms with van der Waals surface area (Å²) in [5.74, 6) is 0.0950. The Morgan fingerprint density at radius 1 is 1.09 bits per heavy atom. The average Bonchev–Trinajstić information content (AvgIpc) is 3.22. The van der Waals surface area contributed by atoms with E-state index in [0.29, 0.717) is 39.2 Å². The summed E-state index contributed by atoms with van der Waals surface area (Å²) < 4.78 is 44.8. The predicted octanol–water partition coefficient (Wildman–Crippen LogP) is 5.97. The van der Waals surface area contributed by atoms with Gasteiger partial charge in [0.15, 0.2) is 5.13 Å². The molecule has 0 aliphatic heterocycles. The lowest BCUT2D eigenvalue weighted by Crippen LogP contribution is -2.38. The largest absolute Gasteiger partial charge is 0.494 e. The van der Waals surface area contributed by atoms with Crippen LogP contribution in [0, 0.1) is 0 Å². The van der Waals surface area contributed by atoms with Crippen LogP contribution in [0.4, 0.5) is 18.3 Å².